The second kappa shape index (κ2) is 9.07. The summed E-state index contributed by atoms with van der Waals surface area (Å²) in [6.45, 7) is 0. The molecule has 0 unspecified atom stereocenters. The van der Waals surface area contributed by atoms with Crippen molar-refractivity contribution in [2.24, 2.45) is 0 Å². The molecule has 0 bridgehead atoms. The number of aromatic nitrogens is 4. The van der Waals surface area contributed by atoms with Gasteiger partial charge in [0.1, 0.15) is 12.1 Å². The lowest BCUT2D eigenvalue weighted by molar-refractivity contribution is -0.160. The van der Waals surface area contributed by atoms with Gasteiger partial charge in [-0.2, -0.15) is 17.5 Å². The van der Waals surface area contributed by atoms with Crippen molar-refractivity contribution in [3.05, 3.63) is 78.9 Å². The minimum atomic E-state index is -4.78. The molecule has 2 aromatic heterocycles. The van der Waals surface area contributed by atoms with Crippen molar-refractivity contribution in [3.63, 3.8) is 0 Å². The Labute approximate surface area is 184 Å². The van der Waals surface area contributed by atoms with E-state index in [1.165, 1.54) is 54.7 Å². The highest BCUT2D eigenvalue weighted by atomic mass is 32.2. The smallest absolute Gasteiger partial charge is 0.290 e. The third kappa shape index (κ3) is 4.64. The van der Waals surface area contributed by atoms with Crippen molar-refractivity contribution in [3.8, 4) is 28.2 Å². The highest BCUT2D eigenvalue weighted by molar-refractivity contribution is 7.94. The molecule has 0 aliphatic heterocycles. The van der Waals surface area contributed by atoms with Gasteiger partial charge in [-0.25, -0.2) is 24.2 Å². The summed E-state index contributed by atoms with van der Waals surface area (Å²) in [5.74, 6) is -1.82. The van der Waals surface area contributed by atoms with Gasteiger partial charge in [0.25, 0.3) is 0 Å². The van der Waals surface area contributed by atoms with E-state index in [9.17, 15) is 17.6 Å². The summed E-state index contributed by atoms with van der Waals surface area (Å²) in [6.07, 6.45) is -0.555. The Kier molecular flexibility index (Phi) is 6.21. The first-order valence-corrected chi connectivity index (χ1v) is 9.82. The fraction of sp³-hybridized carbons (Fsp3) is 0.0952. The van der Waals surface area contributed by atoms with Gasteiger partial charge in [-0.3, -0.25) is 4.57 Å². The van der Waals surface area contributed by atoms with E-state index < -0.39 is 17.8 Å². The Morgan fingerprint density at radius 2 is 1.62 bits per heavy atom. The topological polar surface area (TPSA) is 62.1 Å². The Hall–Kier alpha value is -3.28. The molecule has 0 spiro atoms. The molecular weight excluding hydrogens is 448 g/mol. The molecule has 2 heterocycles. The number of hydrogen-bond donors (Lipinski definition) is 0. The molecule has 4 rings (SSSR count). The average Bonchev–Trinajstić information content (AvgIpc) is 3.32. The minimum Gasteiger partial charge on any atom is -0.290 e. The quantitative estimate of drug-likeness (QED) is 0.158. The summed E-state index contributed by atoms with van der Waals surface area (Å²) < 4.78 is 60.7. The lowest BCUT2D eigenvalue weighted by Crippen LogP contribution is -2.15. The average molecular weight is 462 g/mol. The van der Waals surface area contributed by atoms with Crippen molar-refractivity contribution >= 4 is 12.0 Å². The van der Waals surface area contributed by atoms with Crippen LogP contribution >= 0.6 is 12.0 Å². The van der Waals surface area contributed by atoms with Crippen LogP contribution in [0.4, 0.5) is 17.6 Å². The van der Waals surface area contributed by atoms with E-state index in [1.807, 2.05) is 0 Å². The van der Waals surface area contributed by atoms with Gasteiger partial charge in [0, 0.05) is 22.9 Å². The molecule has 4 aromatic rings. The first kappa shape index (κ1) is 21.9. The van der Waals surface area contributed by atoms with Gasteiger partial charge in [-0.05, 0) is 29.8 Å². The fourth-order valence-electron chi connectivity index (χ4n) is 2.98. The summed E-state index contributed by atoms with van der Waals surface area (Å²) in [5.41, 5.74) is 1.18. The molecule has 0 aliphatic carbocycles. The largest absolute Gasteiger partial charge is 0.451 e. The van der Waals surface area contributed by atoms with E-state index in [2.05, 4.69) is 19.8 Å². The summed E-state index contributed by atoms with van der Waals surface area (Å²) in [4.78, 5) is 16.7. The Bertz CT molecular complexity index is 1200. The van der Waals surface area contributed by atoms with Crippen LogP contribution < -0.4 is 0 Å². The molecular formula is C21H14F4N4O2S. The van der Waals surface area contributed by atoms with Crippen LogP contribution in [0.15, 0.2) is 72.1 Å². The molecule has 0 saturated carbocycles. The van der Waals surface area contributed by atoms with Crippen LogP contribution in [0.5, 0.6) is 0 Å². The third-order valence-electron chi connectivity index (χ3n) is 4.35. The van der Waals surface area contributed by atoms with Gasteiger partial charge in [0.15, 0.2) is 5.82 Å². The van der Waals surface area contributed by atoms with Crippen LogP contribution in [0.1, 0.15) is 5.82 Å². The van der Waals surface area contributed by atoms with Crippen LogP contribution in [0.3, 0.4) is 0 Å². The Morgan fingerprint density at radius 3 is 2.22 bits per heavy atom. The third-order valence-corrected chi connectivity index (χ3v) is 5.02. The number of nitrogens with zero attached hydrogens (tertiary/aromatic N) is 4. The van der Waals surface area contributed by atoms with Gasteiger partial charge in [0.05, 0.1) is 30.4 Å². The minimum absolute atomic E-state index is 0.0341. The fourth-order valence-corrected chi connectivity index (χ4v) is 3.37. The molecule has 0 N–H and O–H groups in total. The molecule has 0 radical (unpaired) electrons. The second-order valence-corrected chi connectivity index (χ2v) is 7.19. The van der Waals surface area contributed by atoms with E-state index in [-0.39, 0.29) is 11.5 Å². The molecule has 0 amide bonds. The monoisotopic (exact) mass is 462 g/mol. The van der Waals surface area contributed by atoms with Crippen molar-refractivity contribution < 1.29 is 26.8 Å². The molecule has 11 heteroatoms. The van der Waals surface area contributed by atoms with Gasteiger partial charge < -0.3 is 0 Å². The summed E-state index contributed by atoms with van der Waals surface area (Å²) in [5, 5.41) is 0. The molecule has 164 valence electrons. The van der Waals surface area contributed by atoms with Crippen LogP contribution in [-0.4, -0.2) is 26.6 Å². The van der Waals surface area contributed by atoms with Gasteiger partial charge in [-0.1, -0.05) is 24.3 Å². The molecule has 0 atom stereocenters. The lowest BCUT2D eigenvalue weighted by Gasteiger charge is -2.17. The molecule has 2 aromatic carbocycles. The Balaban J connectivity index is 1.97. The maximum absolute atomic E-state index is 13.7. The van der Waals surface area contributed by atoms with Crippen molar-refractivity contribution in [2.45, 2.75) is 11.1 Å². The van der Waals surface area contributed by atoms with Gasteiger partial charge in [0.2, 0.25) is 5.82 Å². The number of imidazole rings is 1. The van der Waals surface area contributed by atoms with Crippen LogP contribution in [0.2, 0.25) is 0 Å². The van der Waals surface area contributed by atoms with E-state index in [4.69, 9.17) is 4.33 Å². The molecule has 32 heavy (non-hydrogen) atoms. The standard InChI is InChI=1S/C21H14F4N4O2S/c1-30-31-32-16-8-4-14(5-9-16)18-17(13-2-6-15(22)7-3-13)19(29-11-10-26-12-29)28-20(27-18)21(23,24)25/h2-12H,1H3. The number of alkyl halides is 3. The number of hydrogen-bond acceptors (Lipinski definition) is 6. The number of rotatable bonds is 6. The molecule has 6 nitrogen and oxygen atoms in total. The maximum Gasteiger partial charge on any atom is 0.451 e. The van der Waals surface area contributed by atoms with E-state index in [0.717, 1.165) is 12.0 Å². The zero-order valence-electron chi connectivity index (χ0n) is 16.4. The first-order valence-electron chi connectivity index (χ1n) is 9.08. The SMILES string of the molecule is COOSc1ccc(-c2nc(C(F)(F)F)nc(-n3ccnc3)c2-c2ccc(F)cc2)cc1. The van der Waals surface area contributed by atoms with E-state index >= 15 is 0 Å². The predicted molar refractivity (Wildman–Crippen MR) is 109 cm³/mol. The van der Waals surface area contributed by atoms with Crippen LogP contribution in [0.25, 0.3) is 28.2 Å². The highest BCUT2D eigenvalue weighted by Crippen LogP contribution is 2.38. The Morgan fingerprint density at radius 1 is 0.938 bits per heavy atom. The van der Waals surface area contributed by atoms with Crippen molar-refractivity contribution in [1.29, 1.82) is 0 Å². The van der Waals surface area contributed by atoms with E-state index in [1.54, 1.807) is 24.3 Å². The zero-order valence-corrected chi connectivity index (χ0v) is 17.2. The first-order chi connectivity index (χ1) is 15.4. The normalized spacial score (nSPS) is 11.7. The lowest BCUT2D eigenvalue weighted by atomic mass is 9.99. The number of halogens is 4. The second-order valence-electron chi connectivity index (χ2n) is 6.41. The molecule has 0 saturated heterocycles. The zero-order chi connectivity index (χ0) is 22.7. The number of benzene rings is 2. The van der Waals surface area contributed by atoms with Gasteiger partial charge >= 0.3 is 6.18 Å². The van der Waals surface area contributed by atoms with Crippen LogP contribution in [0, 0.1) is 5.82 Å². The van der Waals surface area contributed by atoms with Crippen molar-refractivity contribution in [2.75, 3.05) is 7.11 Å². The van der Waals surface area contributed by atoms with Crippen molar-refractivity contribution in [1.82, 2.24) is 19.5 Å². The van der Waals surface area contributed by atoms with Gasteiger partial charge in [-0.15, -0.1) is 0 Å². The molecule has 0 aliphatic rings. The summed E-state index contributed by atoms with van der Waals surface area (Å²) in [7, 11) is 1.35. The van der Waals surface area contributed by atoms with Crippen LogP contribution in [-0.2, 0) is 15.4 Å². The summed E-state index contributed by atoms with van der Waals surface area (Å²) >= 11 is 0.946. The van der Waals surface area contributed by atoms with E-state index in [0.29, 0.717) is 21.6 Å². The predicted octanol–water partition coefficient (Wildman–Crippen LogP) is 5.74. The molecule has 0 fully saturated rings. The highest BCUT2D eigenvalue weighted by Gasteiger charge is 2.37. The summed E-state index contributed by atoms with van der Waals surface area (Å²) in [6, 6.07) is 11.9. The maximum atomic E-state index is 13.7.